The van der Waals surface area contributed by atoms with Gasteiger partial charge in [0.05, 0.1) is 0 Å². The minimum Gasteiger partial charge on any atom is -0.293 e. The fraction of sp³-hybridized carbons (Fsp3) is 0.188. The number of carbonyl (C=O) groups excluding carboxylic acids is 1. The topological polar surface area (TPSA) is 17.1 Å². The van der Waals surface area contributed by atoms with E-state index in [1.807, 2.05) is 48.5 Å². The quantitative estimate of drug-likeness (QED) is 0.745. The molecule has 1 aliphatic carbocycles. The molecule has 1 atom stereocenters. The summed E-state index contributed by atoms with van der Waals surface area (Å²) in [6, 6.07) is 15.5. The highest BCUT2D eigenvalue weighted by molar-refractivity contribution is 6.30. The molecule has 0 heterocycles. The summed E-state index contributed by atoms with van der Waals surface area (Å²) in [5.41, 5.74) is 3.12. The van der Waals surface area contributed by atoms with E-state index in [0.717, 1.165) is 24.0 Å². The van der Waals surface area contributed by atoms with Crippen molar-refractivity contribution in [1.82, 2.24) is 0 Å². The Morgan fingerprint density at radius 2 is 1.72 bits per heavy atom. The van der Waals surface area contributed by atoms with E-state index < -0.39 is 0 Å². The van der Waals surface area contributed by atoms with Crippen LogP contribution < -0.4 is 0 Å². The molecule has 2 aromatic rings. The third-order valence-corrected chi connectivity index (χ3v) is 3.83. The highest BCUT2D eigenvalue weighted by Gasteiger charge is 2.27. The molecule has 0 fully saturated rings. The summed E-state index contributed by atoms with van der Waals surface area (Å²) >= 11 is 5.88. The number of fused-ring (bicyclic) bond motifs is 1. The van der Waals surface area contributed by atoms with Crippen LogP contribution in [-0.4, -0.2) is 5.78 Å². The number of hydrogen-bond donors (Lipinski definition) is 0. The van der Waals surface area contributed by atoms with Gasteiger partial charge in [-0.05, 0) is 36.1 Å². The Balaban J connectivity index is 1.97. The van der Waals surface area contributed by atoms with Gasteiger partial charge in [-0.25, -0.2) is 0 Å². The molecule has 0 aliphatic heterocycles. The number of ketones is 1. The molecule has 18 heavy (non-hydrogen) atoms. The van der Waals surface area contributed by atoms with Crippen molar-refractivity contribution in [2.24, 2.45) is 0 Å². The van der Waals surface area contributed by atoms with E-state index in [9.17, 15) is 4.79 Å². The Hall–Kier alpha value is -1.60. The second-order valence-electron chi connectivity index (χ2n) is 4.66. The number of Topliss-reactive ketones (excluding diaryl/α,β-unsaturated/α-hetero) is 1. The van der Waals surface area contributed by atoms with Gasteiger partial charge in [-0.1, -0.05) is 48.0 Å². The van der Waals surface area contributed by atoms with Crippen LogP contribution in [-0.2, 0) is 6.42 Å². The van der Waals surface area contributed by atoms with Crippen LogP contribution in [0.4, 0.5) is 0 Å². The molecule has 3 rings (SSSR count). The molecule has 1 unspecified atom stereocenters. The molecule has 0 N–H and O–H groups in total. The number of benzene rings is 2. The van der Waals surface area contributed by atoms with Crippen LogP contribution in [0.1, 0.15) is 33.8 Å². The van der Waals surface area contributed by atoms with Gasteiger partial charge < -0.3 is 0 Å². The van der Waals surface area contributed by atoms with Gasteiger partial charge in [0, 0.05) is 16.5 Å². The fourth-order valence-corrected chi connectivity index (χ4v) is 2.74. The number of aryl methyl sites for hydroxylation is 1. The number of halogens is 1. The van der Waals surface area contributed by atoms with Gasteiger partial charge in [0.25, 0.3) is 0 Å². The molecule has 1 nitrogen and oxygen atoms in total. The van der Waals surface area contributed by atoms with Crippen molar-refractivity contribution in [3.63, 3.8) is 0 Å². The van der Waals surface area contributed by atoms with E-state index in [0.29, 0.717) is 5.02 Å². The van der Waals surface area contributed by atoms with Crippen LogP contribution in [0.5, 0.6) is 0 Å². The molecule has 90 valence electrons. The second-order valence-corrected chi connectivity index (χ2v) is 5.10. The molecular formula is C16H13ClO. The zero-order valence-electron chi connectivity index (χ0n) is 9.90. The first-order valence-corrected chi connectivity index (χ1v) is 6.51. The van der Waals surface area contributed by atoms with Crippen molar-refractivity contribution >= 4 is 17.4 Å². The summed E-state index contributed by atoms with van der Waals surface area (Å²) in [4.78, 5) is 12.5. The van der Waals surface area contributed by atoms with E-state index in [-0.39, 0.29) is 11.7 Å². The molecule has 0 saturated heterocycles. The van der Waals surface area contributed by atoms with Gasteiger partial charge in [0.15, 0.2) is 5.78 Å². The van der Waals surface area contributed by atoms with Crippen molar-refractivity contribution in [3.8, 4) is 0 Å². The van der Waals surface area contributed by atoms with Crippen LogP contribution in [0, 0.1) is 0 Å². The highest BCUT2D eigenvalue weighted by Crippen LogP contribution is 2.32. The molecule has 1 aliphatic rings. The Kier molecular flexibility index (Phi) is 2.92. The summed E-state index contributed by atoms with van der Waals surface area (Å²) in [5, 5.41) is 0.711. The lowest BCUT2D eigenvalue weighted by Crippen LogP contribution is -2.20. The minimum atomic E-state index is -0.0165. The van der Waals surface area contributed by atoms with Gasteiger partial charge in [-0.15, -0.1) is 0 Å². The maximum absolute atomic E-state index is 12.5. The fourth-order valence-electron chi connectivity index (χ4n) is 2.61. The van der Waals surface area contributed by atoms with Crippen LogP contribution in [0.2, 0.25) is 5.02 Å². The smallest absolute Gasteiger partial charge is 0.170 e. The third-order valence-electron chi connectivity index (χ3n) is 3.57. The molecule has 0 aromatic heterocycles. The summed E-state index contributed by atoms with van der Waals surface area (Å²) in [7, 11) is 0. The van der Waals surface area contributed by atoms with E-state index in [1.165, 1.54) is 5.56 Å². The van der Waals surface area contributed by atoms with E-state index in [4.69, 9.17) is 11.6 Å². The van der Waals surface area contributed by atoms with Gasteiger partial charge in [-0.2, -0.15) is 0 Å². The third kappa shape index (κ3) is 1.95. The van der Waals surface area contributed by atoms with Crippen LogP contribution in [0.15, 0.2) is 48.5 Å². The molecule has 2 heteroatoms. The van der Waals surface area contributed by atoms with Crippen LogP contribution in [0.25, 0.3) is 0 Å². The normalized spacial score (nSPS) is 18.5. The largest absolute Gasteiger partial charge is 0.293 e. The van der Waals surface area contributed by atoms with Crippen LogP contribution in [0.3, 0.4) is 0 Å². The monoisotopic (exact) mass is 256 g/mol. The van der Waals surface area contributed by atoms with E-state index >= 15 is 0 Å². The standard InChI is InChI=1S/C16H13ClO/c17-13-8-5-12(6-9-13)15-10-7-11-3-1-2-4-14(11)16(15)18/h1-6,8-9,15H,7,10H2. The molecule has 0 bridgehead atoms. The lowest BCUT2D eigenvalue weighted by molar-refractivity contribution is 0.0946. The first-order valence-electron chi connectivity index (χ1n) is 6.13. The number of carbonyl (C=O) groups is 1. The lowest BCUT2D eigenvalue weighted by Gasteiger charge is -2.23. The number of rotatable bonds is 1. The summed E-state index contributed by atoms with van der Waals surface area (Å²) < 4.78 is 0. The van der Waals surface area contributed by atoms with Crippen molar-refractivity contribution < 1.29 is 4.79 Å². The van der Waals surface area contributed by atoms with Crippen molar-refractivity contribution in [3.05, 3.63) is 70.2 Å². The van der Waals surface area contributed by atoms with Crippen molar-refractivity contribution in [2.45, 2.75) is 18.8 Å². The van der Waals surface area contributed by atoms with Gasteiger partial charge in [-0.3, -0.25) is 4.79 Å². The summed E-state index contributed by atoms with van der Waals surface area (Å²) in [6.07, 6.45) is 1.85. The second kappa shape index (κ2) is 4.58. The minimum absolute atomic E-state index is 0.0165. The summed E-state index contributed by atoms with van der Waals surface area (Å²) in [6.45, 7) is 0. The van der Waals surface area contributed by atoms with Gasteiger partial charge in [0.2, 0.25) is 0 Å². The van der Waals surface area contributed by atoms with Crippen molar-refractivity contribution in [2.75, 3.05) is 0 Å². The Morgan fingerprint density at radius 3 is 2.50 bits per heavy atom. The first kappa shape index (κ1) is 11.5. The predicted molar refractivity (Wildman–Crippen MR) is 73.3 cm³/mol. The lowest BCUT2D eigenvalue weighted by atomic mass is 9.79. The van der Waals surface area contributed by atoms with E-state index in [1.54, 1.807) is 0 Å². The molecular weight excluding hydrogens is 244 g/mol. The average Bonchev–Trinajstić information content (AvgIpc) is 2.41. The molecule has 0 spiro atoms. The maximum atomic E-state index is 12.5. The SMILES string of the molecule is O=C1c2ccccc2CCC1c1ccc(Cl)cc1. The van der Waals surface area contributed by atoms with Crippen molar-refractivity contribution in [1.29, 1.82) is 0 Å². The van der Waals surface area contributed by atoms with Gasteiger partial charge >= 0.3 is 0 Å². The Morgan fingerprint density at radius 1 is 1.00 bits per heavy atom. The first-order chi connectivity index (χ1) is 8.75. The molecule has 0 amide bonds. The Bertz CT molecular complexity index is 586. The van der Waals surface area contributed by atoms with Crippen LogP contribution >= 0.6 is 11.6 Å². The zero-order valence-corrected chi connectivity index (χ0v) is 10.7. The predicted octanol–water partition coefficient (Wildman–Crippen LogP) is 4.25. The maximum Gasteiger partial charge on any atom is 0.170 e. The zero-order chi connectivity index (χ0) is 12.5. The Labute approximate surface area is 111 Å². The van der Waals surface area contributed by atoms with E-state index in [2.05, 4.69) is 0 Å². The average molecular weight is 257 g/mol. The summed E-state index contributed by atoms with van der Waals surface area (Å²) in [5.74, 6) is 0.219. The molecule has 0 radical (unpaired) electrons. The highest BCUT2D eigenvalue weighted by atomic mass is 35.5. The molecule has 0 saturated carbocycles. The van der Waals surface area contributed by atoms with Gasteiger partial charge in [0.1, 0.15) is 0 Å². The number of hydrogen-bond acceptors (Lipinski definition) is 1. The molecule has 2 aromatic carbocycles.